The summed E-state index contributed by atoms with van der Waals surface area (Å²) >= 11 is 0. The SMILES string of the molecule is C=CC(CCC)C1CC(=O)OC1=O.C=CC(CCCC)C1CC(=O)OC1=O. The second kappa shape index (κ2) is 11.5. The van der Waals surface area contributed by atoms with Crippen LogP contribution in [0.5, 0.6) is 0 Å². The van der Waals surface area contributed by atoms with Crippen molar-refractivity contribution in [3.63, 3.8) is 0 Å². The fraction of sp³-hybridized carbons (Fsp3) is 0.619. The van der Waals surface area contributed by atoms with E-state index in [0.717, 1.165) is 32.1 Å². The highest BCUT2D eigenvalue weighted by molar-refractivity contribution is 5.95. The molecule has 150 valence electrons. The summed E-state index contributed by atoms with van der Waals surface area (Å²) < 4.78 is 8.99. The van der Waals surface area contributed by atoms with Crippen LogP contribution in [-0.2, 0) is 28.7 Å². The van der Waals surface area contributed by atoms with Crippen LogP contribution < -0.4 is 0 Å². The number of allylic oxidation sites excluding steroid dienone is 2. The predicted molar refractivity (Wildman–Crippen MR) is 100 cm³/mol. The lowest BCUT2D eigenvalue weighted by atomic mass is 9.87. The lowest BCUT2D eigenvalue weighted by molar-refractivity contribution is -0.155. The molecule has 0 radical (unpaired) electrons. The number of esters is 4. The zero-order chi connectivity index (χ0) is 20.4. The van der Waals surface area contributed by atoms with E-state index in [1.165, 1.54) is 0 Å². The van der Waals surface area contributed by atoms with E-state index in [1.54, 1.807) is 12.2 Å². The van der Waals surface area contributed by atoms with E-state index in [0.29, 0.717) is 0 Å². The number of hydrogen-bond donors (Lipinski definition) is 0. The molecule has 6 nitrogen and oxygen atoms in total. The number of unbranched alkanes of at least 4 members (excludes halogenated alkanes) is 1. The van der Waals surface area contributed by atoms with Gasteiger partial charge in [-0.2, -0.15) is 0 Å². The van der Waals surface area contributed by atoms with Gasteiger partial charge in [0.15, 0.2) is 0 Å². The molecule has 0 spiro atoms. The van der Waals surface area contributed by atoms with Crippen LogP contribution in [0.1, 0.15) is 58.8 Å². The first-order valence-electron chi connectivity index (χ1n) is 9.61. The van der Waals surface area contributed by atoms with E-state index >= 15 is 0 Å². The van der Waals surface area contributed by atoms with Crippen molar-refractivity contribution < 1.29 is 28.7 Å². The minimum absolute atomic E-state index is 0.0870. The number of carbonyl (C=O) groups excluding carboxylic acids is 4. The third-order valence-electron chi connectivity index (χ3n) is 4.96. The van der Waals surface area contributed by atoms with E-state index in [1.807, 2.05) is 6.92 Å². The number of cyclic esters (lactones) is 4. The Morgan fingerprint density at radius 3 is 1.59 bits per heavy atom. The lowest BCUT2D eigenvalue weighted by Crippen LogP contribution is -2.17. The van der Waals surface area contributed by atoms with Gasteiger partial charge in [-0.3, -0.25) is 19.2 Å². The third kappa shape index (κ3) is 6.77. The van der Waals surface area contributed by atoms with Gasteiger partial charge in [0.2, 0.25) is 0 Å². The fourth-order valence-corrected chi connectivity index (χ4v) is 3.38. The smallest absolute Gasteiger partial charge is 0.317 e. The molecule has 0 aliphatic carbocycles. The predicted octanol–water partition coefficient (Wildman–Crippen LogP) is 3.75. The van der Waals surface area contributed by atoms with Crippen molar-refractivity contribution in [1.29, 1.82) is 0 Å². The Kier molecular flexibility index (Phi) is 9.68. The molecule has 6 heteroatoms. The highest BCUT2D eigenvalue weighted by atomic mass is 16.6. The van der Waals surface area contributed by atoms with Gasteiger partial charge >= 0.3 is 23.9 Å². The summed E-state index contributed by atoms with van der Waals surface area (Å²) in [5.74, 6) is -1.96. The van der Waals surface area contributed by atoms with Crippen LogP contribution in [0.2, 0.25) is 0 Å². The first-order chi connectivity index (χ1) is 12.9. The molecule has 4 atom stereocenters. The van der Waals surface area contributed by atoms with Crippen molar-refractivity contribution in [2.75, 3.05) is 0 Å². The Hall–Kier alpha value is -2.24. The molecule has 2 aliphatic rings. The van der Waals surface area contributed by atoms with Crippen LogP contribution in [-0.4, -0.2) is 23.9 Å². The number of carbonyl (C=O) groups is 4. The molecule has 2 saturated heterocycles. The van der Waals surface area contributed by atoms with Gasteiger partial charge in [-0.25, -0.2) is 0 Å². The summed E-state index contributed by atoms with van der Waals surface area (Å²) in [5, 5.41) is 0. The Morgan fingerprint density at radius 1 is 0.852 bits per heavy atom. The molecule has 0 aromatic carbocycles. The molecule has 4 unspecified atom stereocenters. The minimum atomic E-state index is -0.405. The second-order valence-corrected chi connectivity index (χ2v) is 6.94. The second-order valence-electron chi connectivity index (χ2n) is 6.94. The zero-order valence-corrected chi connectivity index (χ0v) is 16.3. The van der Waals surface area contributed by atoms with Gasteiger partial charge in [-0.1, -0.05) is 45.3 Å². The molecule has 0 bridgehead atoms. The van der Waals surface area contributed by atoms with Gasteiger partial charge in [-0.15, -0.1) is 13.2 Å². The standard InChI is InChI=1S/C11H16O3.C10H14O3/c1-3-5-6-8(4-2)9-7-10(12)14-11(9)13;1-3-5-7(4-2)8-6-9(11)13-10(8)12/h4,8-9H,2-3,5-7H2,1H3;4,7-8H,2-3,5-6H2,1H3. The van der Waals surface area contributed by atoms with Crippen molar-refractivity contribution in [3.05, 3.63) is 25.3 Å². The molecule has 27 heavy (non-hydrogen) atoms. The van der Waals surface area contributed by atoms with Gasteiger partial charge < -0.3 is 9.47 Å². The van der Waals surface area contributed by atoms with Gasteiger partial charge in [0, 0.05) is 0 Å². The Morgan fingerprint density at radius 2 is 1.30 bits per heavy atom. The van der Waals surface area contributed by atoms with Crippen molar-refractivity contribution >= 4 is 23.9 Å². The summed E-state index contributed by atoms with van der Waals surface area (Å²) in [6, 6.07) is 0. The summed E-state index contributed by atoms with van der Waals surface area (Å²) in [5.41, 5.74) is 0. The minimum Gasteiger partial charge on any atom is -0.393 e. The maximum absolute atomic E-state index is 11.3. The van der Waals surface area contributed by atoms with Crippen LogP contribution in [0.4, 0.5) is 0 Å². The Bertz CT molecular complexity index is 579. The molecule has 0 aromatic heterocycles. The maximum atomic E-state index is 11.3. The molecule has 2 rings (SSSR count). The highest BCUT2D eigenvalue weighted by Gasteiger charge is 2.38. The molecular formula is C21H30O6. The summed E-state index contributed by atoms with van der Waals surface area (Å²) in [4.78, 5) is 44.1. The maximum Gasteiger partial charge on any atom is 0.317 e. The van der Waals surface area contributed by atoms with E-state index in [-0.39, 0.29) is 48.5 Å². The van der Waals surface area contributed by atoms with Crippen LogP contribution in [0.3, 0.4) is 0 Å². The van der Waals surface area contributed by atoms with E-state index in [2.05, 4.69) is 29.6 Å². The average molecular weight is 378 g/mol. The van der Waals surface area contributed by atoms with Gasteiger partial charge in [0.25, 0.3) is 0 Å². The van der Waals surface area contributed by atoms with Crippen molar-refractivity contribution in [2.24, 2.45) is 23.7 Å². The summed E-state index contributed by atoms with van der Waals surface area (Å²) in [6.07, 6.45) is 8.86. The average Bonchev–Trinajstić information content (AvgIpc) is 3.14. The topological polar surface area (TPSA) is 86.7 Å². The first kappa shape index (κ1) is 22.8. The molecular weight excluding hydrogens is 348 g/mol. The van der Waals surface area contributed by atoms with Gasteiger partial charge in [-0.05, 0) is 24.7 Å². The monoisotopic (exact) mass is 378 g/mol. The zero-order valence-electron chi connectivity index (χ0n) is 16.3. The molecule has 0 N–H and O–H groups in total. The molecule has 0 amide bonds. The normalized spacial score (nSPS) is 23.8. The molecule has 0 saturated carbocycles. The van der Waals surface area contributed by atoms with Gasteiger partial charge in [0.1, 0.15) is 0 Å². The molecule has 2 fully saturated rings. The Labute approximate surface area is 161 Å². The van der Waals surface area contributed by atoms with E-state index < -0.39 is 11.9 Å². The number of hydrogen-bond acceptors (Lipinski definition) is 6. The molecule has 2 aliphatic heterocycles. The van der Waals surface area contributed by atoms with E-state index in [4.69, 9.17) is 0 Å². The van der Waals surface area contributed by atoms with E-state index in [9.17, 15) is 19.2 Å². The first-order valence-corrected chi connectivity index (χ1v) is 9.61. The van der Waals surface area contributed by atoms with Crippen molar-refractivity contribution in [1.82, 2.24) is 0 Å². The highest BCUT2D eigenvalue weighted by Crippen LogP contribution is 2.29. The molecule has 0 aromatic rings. The molecule has 2 heterocycles. The summed E-state index contributed by atoms with van der Waals surface area (Å²) in [6.45, 7) is 11.5. The van der Waals surface area contributed by atoms with Crippen molar-refractivity contribution in [2.45, 2.75) is 58.8 Å². The number of rotatable bonds is 9. The largest absolute Gasteiger partial charge is 0.393 e. The third-order valence-corrected chi connectivity index (χ3v) is 4.96. The van der Waals surface area contributed by atoms with Gasteiger partial charge in [0.05, 0.1) is 24.7 Å². The lowest BCUT2D eigenvalue weighted by Gasteiger charge is -2.14. The van der Waals surface area contributed by atoms with Crippen LogP contribution >= 0.6 is 0 Å². The fourth-order valence-electron chi connectivity index (χ4n) is 3.38. The van der Waals surface area contributed by atoms with Crippen LogP contribution in [0.25, 0.3) is 0 Å². The van der Waals surface area contributed by atoms with Crippen LogP contribution in [0.15, 0.2) is 25.3 Å². The summed E-state index contributed by atoms with van der Waals surface area (Å²) in [7, 11) is 0. The van der Waals surface area contributed by atoms with Crippen molar-refractivity contribution in [3.8, 4) is 0 Å². The number of ether oxygens (including phenoxy) is 2. The Balaban J connectivity index is 0.000000271. The van der Waals surface area contributed by atoms with Crippen LogP contribution in [0, 0.1) is 23.7 Å². The quantitative estimate of drug-likeness (QED) is 0.345.